The summed E-state index contributed by atoms with van der Waals surface area (Å²) in [6.07, 6.45) is 6.51. The molecule has 0 amide bonds. The van der Waals surface area contributed by atoms with Crippen molar-refractivity contribution in [1.82, 2.24) is 0 Å². The maximum Gasteiger partial charge on any atom is -0.0325 e. The zero-order valence-electron chi connectivity index (χ0n) is 5.85. The van der Waals surface area contributed by atoms with Gasteiger partial charge in [-0.15, -0.1) is 0 Å². The second kappa shape index (κ2) is 4.89. The predicted octanol–water partition coefficient (Wildman–Crippen LogP) is 2.81. The largest absolute Gasteiger partial charge is 0.0917 e. The minimum Gasteiger partial charge on any atom is -0.0917 e. The fourth-order valence-electron chi connectivity index (χ4n) is 0.486. The van der Waals surface area contributed by atoms with Gasteiger partial charge in [0.1, 0.15) is 0 Å². The smallest absolute Gasteiger partial charge is 0.0325 e. The van der Waals surface area contributed by atoms with Gasteiger partial charge in [0, 0.05) is 0 Å². The van der Waals surface area contributed by atoms with Gasteiger partial charge in [0.2, 0.25) is 0 Å². The van der Waals surface area contributed by atoms with Gasteiger partial charge in [0.05, 0.1) is 0 Å². The third kappa shape index (κ3) is 3.91. The predicted molar refractivity (Wildman–Crippen MR) is 38.6 cm³/mol. The van der Waals surface area contributed by atoms with Crippen LogP contribution in [0.5, 0.6) is 0 Å². The summed E-state index contributed by atoms with van der Waals surface area (Å²) in [5, 5.41) is 0. The number of allylic oxidation sites excluding steroid dienone is 2. The molecule has 0 heterocycles. The maximum absolute atomic E-state index is 3.80. The van der Waals surface area contributed by atoms with Gasteiger partial charge >= 0.3 is 0 Å². The minimum atomic E-state index is 0.756. The van der Waals surface area contributed by atoms with Crippen molar-refractivity contribution in [3.05, 3.63) is 19.1 Å². The molecular formula is C8H15. The van der Waals surface area contributed by atoms with Crippen molar-refractivity contribution < 1.29 is 0 Å². The monoisotopic (exact) mass is 111 g/mol. The highest BCUT2D eigenvalue weighted by atomic mass is 14.0. The van der Waals surface area contributed by atoms with E-state index in [9.17, 15) is 0 Å². The summed E-state index contributed by atoms with van der Waals surface area (Å²) in [5.41, 5.74) is 0. The van der Waals surface area contributed by atoms with Gasteiger partial charge in [-0.05, 0) is 19.3 Å². The molecule has 47 valence electrons. The minimum absolute atomic E-state index is 0.756. The topological polar surface area (TPSA) is 0 Å². The maximum atomic E-state index is 3.80. The van der Waals surface area contributed by atoms with Crippen molar-refractivity contribution in [2.75, 3.05) is 0 Å². The molecule has 0 aromatic heterocycles. The van der Waals surface area contributed by atoms with Crippen LogP contribution in [-0.2, 0) is 0 Å². The molecule has 0 heteroatoms. The summed E-state index contributed by atoms with van der Waals surface area (Å²) in [6.45, 7) is 8.07. The van der Waals surface area contributed by atoms with E-state index in [0.29, 0.717) is 0 Å². The second-order valence-electron chi connectivity index (χ2n) is 2.20. The molecule has 0 N–H and O–H groups in total. The Bertz CT molecular complexity index is 62.4. The summed E-state index contributed by atoms with van der Waals surface area (Å²) in [5.74, 6) is 0.756. The fourth-order valence-corrected chi connectivity index (χ4v) is 0.486. The first kappa shape index (κ1) is 7.74. The molecule has 0 rings (SSSR count). The lowest BCUT2D eigenvalue weighted by Gasteiger charge is -2.00. The Kier molecular flexibility index (Phi) is 4.73. The normalized spacial score (nSPS) is 14.9. The zero-order chi connectivity index (χ0) is 6.41. The standard InChI is InChI=1S/C8H15/c1-4-6-7-8(3)5-2/h4,6,8H,2,5,7H2,1,3H3/b6-4+. The summed E-state index contributed by atoms with van der Waals surface area (Å²) < 4.78 is 0. The molecule has 0 spiro atoms. The molecule has 8 heavy (non-hydrogen) atoms. The lowest BCUT2D eigenvalue weighted by atomic mass is 10.1. The molecule has 0 saturated heterocycles. The van der Waals surface area contributed by atoms with Crippen molar-refractivity contribution in [2.45, 2.75) is 26.7 Å². The van der Waals surface area contributed by atoms with Gasteiger partial charge in [-0.2, -0.15) is 0 Å². The van der Waals surface area contributed by atoms with Gasteiger partial charge in [-0.25, -0.2) is 0 Å². The average molecular weight is 111 g/mol. The van der Waals surface area contributed by atoms with Crippen LogP contribution in [0.25, 0.3) is 0 Å². The Balaban J connectivity index is 3.10. The van der Waals surface area contributed by atoms with Crippen LogP contribution in [0.2, 0.25) is 0 Å². The molecule has 1 radical (unpaired) electrons. The first-order valence-electron chi connectivity index (χ1n) is 3.21. The van der Waals surface area contributed by atoms with Gasteiger partial charge in [-0.1, -0.05) is 32.4 Å². The van der Waals surface area contributed by atoms with E-state index in [2.05, 4.69) is 32.9 Å². The lowest BCUT2D eigenvalue weighted by molar-refractivity contribution is 0.601. The van der Waals surface area contributed by atoms with Crippen LogP contribution in [0.15, 0.2) is 12.2 Å². The van der Waals surface area contributed by atoms with Crippen LogP contribution in [0.3, 0.4) is 0 Å². The Labute approximate surface area is 52.6 Å². The SMILES string of the molecule is [CH2]CC(C)C/C=C/C. The van der Waals surface area contributed by atoms with E-state index in [4.69, 9.17) is 0 Å². The summed E-state index contributed by atoms with van der Waals surface area (Å²) in [4.78, 5) is 0. The highest BCUT2D eigenvalue weighted by Gasteiger charge is 1.91. The molecule has 0 aliphatic rings. The number of rotatable bonds is 3. The molecule has 0 aromatic carbocycles. The molecular weight excluding hydrogens is 96.1 g/mol. The van der Waals surface area contributed by atoms with Crippen LogP contribution in [0, 0.1) is 12.8 Å². The molecule has 0 fully saturated rings. The fraction of sp³-hybridized carbons (Fsp3) is 0.625. The van der Waals surface area contributed by atoms with E-state index in [1.807, 2.05) is 0 Å². The van der Waals surface area contributed by atoms with Gasteiger partial charge in [0.15, 0.2) is 0 Å². The van der Waals surface area contributed by atoms with E-state index >= 15 is 0 Å². The molecule has 0 bridgehead atoms. The Morgan fingerprint density at radius 3 is 2.62 bits per heavy atom. The second-order valence-corrected chi connectivity index (χ2v) is 2.20. The molecule has 0 aliphatic heterocycles. The molecule has 0 saturated carbocycles. The van der Waals surface area contributed by atoms with E-state index in [0.717, 1.165) is 12.3 Å². The van der Waals surface area contributed by atoms with Crippen molar-refractivity contribution in [1.29, 1.82) is 0 Å². The van der Waals surface area contributed by atoms with E-state index in [1.165, 1.54) is 6.42 Å². The Morgan fingerprint density at radius 2 is 2.25 bits per heavy atom. The Hall–Kier alpha value is -0.260. The molecule has 1 unspecified atom stereocenters. The molecule has 0 nitrogen and oxygen atoms in total. The third-order valence-corrected chi connectivity index (χ3v) is 1.27. The van der Waals surface area contributed by atoms with E-state index in [-0.39, 0.29) is 0 Å². The zero-order valence-corrected chi connectivity index (χ0v) is 5.85. The van der Waals surface area contributed by atoms with Crippen molar-refractivity contribution in [3.63, 3.8) is 0 Å². The van der Waals surface area contributed by atoms with Crippen molar-refractivity contribution in [3.8, 4) is 0 Å². The van der Waals surface area contributed by atoms with Crippen molar-refractivity contribution in [2.24, 2.45) is 5.92 Å². The van der Waals surface area contributed by atoms with E-state index in [1.54, 1.807) is 0 Å². The lowest BCUT2D eigenvalue weighted by Crippen LogP contribution is -1.87. The highest BCUT2D eigenvalue weighted by molar-refractivity contribution is 4.78. The van der Waals surface area contributed by atoms with Gasteiger partial charge in [-0.3, -0.25) is 0 Å². The molecule has 0 aliphatic carbocycles. The van der Waals surface area contributed by atoms with Crippen LogP contribution in [0.1, 0.15) is 26.7 Å². The number of hydrogen-bond acceptors (Lipinski definition) is 0. The first-order chi connectivity index (χ1) is 3.81. The third-order valence-electron chi connectivity index (χ3n) is 1.27. The van der Waals surface area contributed by atoms with Gasteiger partial charge < -0.3 is 0 Å². The van der Waals surface area contributed by atoms with Crippen LogP contribution in [0.4, 0.5) is 0 Å². The van der Waals surface area contributed by atoms with Crippen LogP contribution >= 0.6 is 0 Å². The van der Waals surface area contributed by atoms with Crippen LogP contribution < -0.4 is 0 Å². The average Bonchev–Trinajstić information content (AvgIpc) is 1.83. The number of hydrogen-bond donors (Lipinski definition) is 0. The molecule has 1 atom stereocenters. The Morgan fingerprint density at radius 1 is 1.62 bits per heavy atom. The van der Waals surface area contributed by atoms with Crippen LogP contribution in [-0.4, -0.2) is 0 Å². The summed E-state index contributed by atoms with van der Waals surface area (Å²) in [7, 11) is 0. The van der Waals surface area contributed by atoms with Gasteiger partial charge in [0.25, 0.3) is 0 Å². The summed E-state index contributed by atoms with van der Waals surface area (Å²) >= 11 is 0. The molecule has 0 aromatic rings. The quantitative estimate of drug-likeness (QED) is 0.491. The summed E-state index contributed by atoms with van der Waals surface area (Å²) in [6, 6.07) is 0. The van der Waals surface area contributed by atoms with E-state index < -0.39 is 0 Å². The van der Waals surface area contributed by atoms with Crippen molar-refractivity contribution >= 4 is 0 Å². The first-order valence-corrected chi connectivity index (χ1v) is 3.21. The highest BCUT2D eigenvalue weighted by Crippen LogP contribution is 2.05.